The van der Waals surface area contributed by atoms with Gasteiger partial charge in [-0.2, -0.15) is 0 Å². The van der Waals surface area contributed by atoms with Crippen molar-refractivity contribution in [1.29, 1.82) is 0 Å². The molecule has 1 amide bonds. The van der Waals surface area contributed by atoms with Crippen LogP contribution in [0.2, 0.25) is 0 Å². The fourth-order valence-electron chi connectivity index (χ4n) is 2.96. The van der Waals surface area contributed by atoms with Crippen molar-refractivity contribution in [2.45, 2.75) is 65.1 Å². The SMILES string of the molecule is CC(NC(C)C1CCCN(C(=O)OC(C)(C)C)C1)c1cncs1. The van der Waals surface area contributed by atoms with Crippen molar-refractivity contribution < 1.29 is 9.53 Å². The van der Waals surface area contributed by atoms with Crippen molar-refractivity contribution >= 4 is 17.4 Å². The van der Waals surface area contributed by atoms with Gasteiger partial charge in [0.1, 0.15) is 5.60 Å². The van der Waals surface area contributed by atoms with Crippen molar-refractivity contribution in [3.63, 3.8) is 0 Å². The fourth-order valence-corrected chi connectivity index (χ4v) is 3.60. The molecule has 3 unspecified atom stereocenters. The van der Waals surface area contributed by atoms with Crippen LogP contribution in [0, 0.1) is 5.92 Å². The second-order valence-corrected chi connectivity index (χ2v) is 8.33. The molecule has 0 aliphatic carbocycles. The molecular weight excluding hydrogens is 310 g/mol. The molecule has 0 saturated carbocycles. The topological polar surface area (TPSA) is 54.5 Å². The molecule has 1 saturated heterocycles. The lowest BCUT2D eigenvalue weighted by Crippen LogP contribution is -2.48. The summed E-state index contributed by atoms with van der Waals surface area (Å²) in [5.41, 5.74) is 1.43. The summed E-state index contributed by atoms with van der Waals surface area (Å²) < 4.78 is 5.51. The summed E-state index contributed by atoms with van der Waals surface area (Å²) in [6, 6.07) is 0.631. The lowest BCUT2D eigenvalue weighted by Gasteiger charge is -2.37. The fraction of sp³-hybridized carbons (Fsp3) is 0.765. The molecule has 0 bridgehead atoms. The van der Waals surface area contributed by atoms with E-state index in [0.717, 1.165) is 25.9 Å². The van der Waals surface area contributed by atoms with Crippen LogP contribution in [0.5, 0.6) is 0 Å². The smallest absolute Gasteiger partial charge is 0.410 e. The third-order valence-corrected chi connectivity index (χ3v) is 5.17. The van der Waals surface area contributed by atoms with E-state index in [0.29, 0.717) is 12.0 Å². The summed E-state index contributed by atoms with van der Waals surface area (Å²) >= 11 is 1.67. The minimum atomic E-state index is -0.436. The number of rotatable bonds is 4. The van der Waals surface area contributed by atoms with Crippen LogP contribution >= 0.6 is 11.3 Å². The standard InChI is InChI=1S/C17H29N3O2S/c1-12(19-13(2)15-9-18-11-23-15)14-7-6-8-20(10-14)16(21)22-17(3,4)5/h9,11-14,19H,6-8,10H2,1-5H3. The Morgan fingerprint density at radius 1 is 1.48 bits per heavy atom. The predicted molar refractivity (Wildman–Crippen MR) is 93.7 cm³/mol. The highest BCUT2D eigenvalue weighted by Crippen LogP contribution is 2.24. The minimum absolute atomic E-state index is 0.190. The van der Waals surface area contributed by atoms with E-state index in [1.54, 1.807) is 11.3 Å². The van der Waals surface area contributed by atoms with E-state index < -0.39 is 5.60 Å². The van der Waals surface area contributed by atoms with Gasteiger partial charge in [-0.05, 0) is 53.4 Å². The molecule has 1 aromatic heterocycles. The van der Waals surface area contributed by atoms with E-state index in [9.17, 15) is 4.79 Å². The molecule has 6 heteroatoms. The van der Waals surface area contributed by atoms with Crippen LogP contribution in [-0.4, -0.2) is 40.7 Å². The van der Waals surface area contributed by atoms with Gasteiger partial charge in [-0.25, -0.2) is 4.79 Å². The van der Waals surface area contributed by atoms with Crippen LogP contribution < -0.4 is 5.32 Å². The Hall–Kier alpha value is -1.14. The molecule has 130 valence electrons. The molecule has 2 rings (SSSR count). The summed E-state index contributed by atoms with van der Waals surface area (Å²) in [7, 11) is 0. The lowest BCUT2D eigenvalue weighted by atomic mass is 9.91. The monoisotopic (exact) mass is 339 g/mol. The Balaban J connectivity index is 1.88. The van der Waals surface area contributed by atoms with Crippen LogP contribution in [0.25, 0.3) is 0 Å². The van der Waals surface area contributed by atoms with Crippen LogP contribution in [0.15, 0.2) is 11.7 Å². The van der Waals surface area contributed by atoms with Gasteiger partial charge < -0.3 is 15.0 Å². The summed E-state index contributed by atoms with van der Waals surface area (Å²) in [5, 5.41) is 3.65. The number of carbonyl (C=O) groups excluding carboxylic acids is 1. The third kappa shape index (κ3) is 5.46. The quantitative estimate of drug-likeness (QED) is 0.906. The first-order chi connectivity index (χ1) is 10.8. The van der Waals surface area contributed by atoms with Crippen LogP contribution in [0.1, 0.15) is 58.4 Å². The zero-order valence-corrected chi connectivity index (χ0v) is 15.7. The maximum atomic E-state index is 12.3. The molecule has 1 N–H and O–H groups in total. The van der Waals surface area contributed by atoms with E-state index in [2.05, 4.69) is 24.1 Å². The third-order valence-electron chi connectivity index (χ3n) is 4.21. The maximum Gasteiger partial charge on any atom is 0.410 e. The highest BCUT2D eigenvalue weighted by molar-refractivity contribution is 7.09. The van der Waals surface area contributed by atoms with E-state index in [1.807, 2.05) is 37.4 Å². The first-order valence-corrected chi connectivity index (χ1v) is 9.26. The number of amides is 1. The number of nitrogens with zero attached hydrogens (tertiary/aromatic N) is 2. The first-order valence-electron chi connectivity index (χ1n) is 8.38. The van der Waals surface area contributed by atoms with E-state index in [-0.39, 0.29) is 12.1 Å². The van der Waals surface area contributed by atoms with Gasteiger partial charge in [0.15, 0.2) is 0 Å². The second-order valence-electron chi connectivity index (χ2n) is 7.41. The summed E-state index contributed by atoms with van der Waals surface area (Å²) in [5.74, 6) is 0.451. The van der Waals surface area contributed by atoms with E-state index in [1.165, 1.54) is 4.88 Å². The van der Waals surface area contributed by atoms with Crippen LogP contribution in [0.4, 0.5) is 4.79 Å². The van der Waals surface area contributed by atoms with Crippen molar-refractivity contribution in [3.8, 4) is 0 Å². The molecular formula is C17H29N3O2S. The molecule has 1 aliphatic rings. The number of carbonyl (C=O) groups is 1. The Labute approximate surface area is 143 Å². The van der Waals surface area contributed by atoms with Gasteiger partial charge in [-0.3, -0.25) is 4.98 Å². The number of piperidine rings is 1. The van der Waals surface area contributed by atoms with Gasteiger partial charge in [-0.1, -0.05) is 0 Å². The molecule has 23 heavy (non-hydrogen) atoms. The highest BCUT2D eigenvalue weighted by atomic mass is 32.1. The Morgan fingerprint density at radius 3 is 2.83 bits per heavy atom. The first kappa shape index (κ1) is 18.2. The van der Waals surface area contributed by atoms with Gasteiger partial charge in [0.25, 0.3) is 0 Å². The minimum Gasteiger partial charge on any atom is -0.444 e. The highest BCUT2D eigenvalue weighted by Gasteiger charge is 2.30. The average molecular weight is 340 g/mol. The van der Waals surface area contributed by atoms with Gasteiger partial charge in [-0.15, -0.1) is 11.3 Å². The summed E-state index contributed by atoms with van der Waals surface area (Å²) in [4.78, 5) is 19.5. The largest absolute Gasteiger partial charge is 0.444 e. The maximum absolute atomic E-state index is 12.3. The molecule has 1 fully saturated rings. The number of likely N-dealkylation sites (tertiary alicyclic amines) is 1. The number of ether oxygens (including phenoxy) is 1. The average Bonchev–Trinajstić information content (AvgIpc) is 3.00. The Kier molecular flexibility index (Phi) is 6.03. The number of nitrogens with one attached hydrogen (secondary N) is 1. The van der Waals surface area contributed by atoms with Gasteiger partial charge in [0.2, 0.25) is 0 Å². The van der Waals surface area contributed by atoms with Crippen molar-refractivity contribution in [1.82, 2.24) is 15.2 Å². The zero-order valence-electron chi connectivity index (χ0n) is 14.8. The summed E-state index contributed by atoms with van der Waals surface area (Å²) in [6.07, 6.45) is 3.90. The molecule has 0 spiro atoms. The Bertz CT molecular complexity index is 498. The van der Waals surface area contributed by atoms with E-state index >= 15 is 0 Å². The Morgan fingerprint density at radius 2 is 2.22 bits per heavy atom. The molecule has 0 radical (unpaired) electrons. The van der Waals surface area contributed by atoms with Crippen molar-refractivity contribution in [3.05, 3.63) is 16.6 Å². The number of hydrogen-bond donors (Lipinski definition) is 1. The number of hydrogen-bond acceptors (Lipinski definition) is 5. The van der Waals surface area contributed by atoms with Crippen LogP contribution in [-0.2, 0) is 4.74 Å². The second kappa shape index (κ2) is 7.62. The predicted octanol–water partition coefficient (Wildman–Crippen LogP) is 3.83. The zero-order chi connectivity index (χ0) is 17.0. The molecule has 1 aliphatic heterocycles. The number of thiazole rings is 1. The molecule has 1 aromatic rings. The van der Waals surface area contributed by atoms with E-state index in [4.69, 9.17) is 4.74 Å². The molecule has 0 aromatic carbocycles. The van der Waals surface area contributed by atoms with Crippen molar-refractivity contribution in [2.75, 3.05) is 13.1 Å². The van der Waals surface area contributed by atoms with Crippen LogP contribution in [0.3, 0.4) is 0 Å². The normalized spacial score (nSPS) is 21.8. The summed E-state index contributed by atoms with van der Waals surface area (Å²) in [6.45, 7) is 11.7. The number of aromatic nitrogens is 1. The van der Waals surface area contributed by atoms with Gasteiger partial charge >= 0.3 is 6.09 Å². The van der Waals surface area contributed by atoms with Gasteiger partial charge in [0, 0.05) is 36.2 Å². The van der Waals surface area contributed by atoms with Gasteiger partial charge in [0.05, 0.1) is 5.51 Å². The molecule has 3 atom stereocenters. The lowest BCUT2D eigenvalue weighted by molar-refractivity contribution is 0.0146. The molecule has 2 heterocycles. The van der Waals surface area contributed by atoms with Crippen molar-refractivity contribution in [2.24, 2.45) is 5.92 Å². The molecule has 5 nitrogen and oxygen atoms in total.